The summed E-state index contributed by atoms with van der Waals surface area (Å²) in [5.41, 5.74) is 0. The van der Waals surface area contributed by atoms with Gasteiger partial charge >= 0.3 is 11.9 Å². The highest BCUT2D eigenvalue weighted by Gasteiger charge is 2.46. The van der Waals surface area contributed by atoms with E-state index in [0.717, 1.165) is 83.5 Å². The number of allylic oxidation sites excluding steroid dienone is 18. The average molecular weight is 973 g/mol. The van der Waals surface area contributed by atoms with Gasteiger partial charge in [-0.2, -0.15) is 8.42 Å². The second kappa shape index (κ2) is 43.3. The summed E-state index contributed by atoms with van der Waals surface area (Å²) < 4.78 is 54.2. The normalized spacial score (nSPS) is 20.1. The van der Waals surface area contributed by atoms with Crippen LogP contribution in [0, 0.1) is 0 Å². The predicted molar refractivity (Wildman–Crippen MR) is 274 cm³/mol. The molecule has 68 heavy (non-hydrogen) atoms. The van der Waals surface area contributed by atoms with Gasteiger partial charge in [-0.25, -0.2) is 0 Å². The van der Waals surface area contributed by atoms with Gasteiger partial charge in [0.1, 0.15) is 36.8 Å². The highest BCUT2D eigenvalue weighted by atomic mass is 32.2. The zero-order valence-corrected chi connectivity index (χ0v) is 42.2. The summed E-state index contributed by atoms with van der Waals surface area (Å²) in [7, 11) is -4.62. The molecule has 1 heterocycles. The average Bonchev–Trinajstić information content (AvgIpc) is 3.31. The molecule has 1 fully saturated rings. The summed E-state index contributed by atoms with van der Waals surface area (Å²) >= 11 is 0. The number of aliphatic hydroxyl groups is 3. The number of esters is 2. The van der Waals surface area contributed by atoms with E-state index in [2.05, 4.69) is 111 Å². The molecule has 13 heteroatoms. The lowest BCUT2D eigenvalue weighted by atomic mass is 10.00. The van der Waals surface area contributed by atoms with Crippen molar-refractivity contribution >= 4 is 22.1 Å². The van der Waals surface area contributed by atoms with Crippen molar-refractivity contribution in [2.24, 2.45) is 0 Å². The number of unbranched alkanes of at least 4 members (excludes halogenated alkanes) is 11. The highest BCUT2D eigenvalue weighted by molar-refractivity contribution is 7.85. The molecule has 0 radical (unpaired) electrons. The monoisotopic (exact) mass is 973 g/mol. The first-order chi connectivity index (χ1) is 33.0. The number of carbonyl (C=O) groups is 2. The fourth-order valence-corrected chi connectivity index (χ4v) is 7.69. The molecule has 12 nitrogen and oxygen atoms in total. The van der Waals surface area contributed by atoms with Gasteiger partial charge in [0, 0.05) is 12.8 Å². The number of aliphatic hydroxyl groups excluding tert-OH is 3. The smallest absolute Gasteiger partial charge is 0.306 e. The van der Waals surface area contributed by atoms with Gasteiger partial charge < -0.3 is 34.3 Å². The van der Waals surface area contributed by atoms with Crippen LogP contribution < -0.4 is 0 Å². The standard InChI is InChI=1S/C55H88O12S/c1-3-5-7-9-11-13-15-17-19-21-22-23-24-25-26-28-29-31-33-35-37-39-41-43-50(56)64-45-48(46-65-55-54(60)53(59)52(58)49(67-55)47-68(61,62)63)66-51(57)44-42-40-38-36-34-32-30-27-20-18-16-14-12-10-8-6-4-2/h5-8,11-14,17-20,22-23,30,32,36,38,48-49,52-55,58-60H,3-4,9-10,15-16,21,24-29,31,33-35,37,39-47H2,1-2H3,(H,61,62,63)/b7-5-,8-6-,13-11-,14-12-,19-17-,20-18-,23-22-,32-30-,38-36-. The van der Waals surface area contributed by atoms with Crippen LogP contribution >= 0.6 is 0 Å². The lowest BCUT2D eigenvalue weighted by Crippen LogP contribution is -2.60. The van der Waals surface area contributed by atoms with Crippen LogP contribution in [0.3, 0.4) is 0 Å². The number of hydrogen-bond acceptors (Lipinski definition) is 11. The quantitative estimate of drug-likeness (QED) is 0.0197. The minimum Gasteiger partial charge on any atom is -0.462 e. The Kier molecular flexibility index (Phi) is 39.7. The molecule has 0 spiro atoms. The third-order valence-corrected chi connectivity index (χ3v) is 11.6. The molecule has 386 valence electrons. The van der Waals surface area contributed by atoms with E-state index in [1.54, 1.807) is 0 Å². The van der Waals surface area contributed by atoms with Crippen LogP contribution in [0.5, 0.6) is 0 Å². The van der Waals surface area contributed by atoms with Crippen LogP contribution in [0.2, 0.25) is 0 Å². The van der Waals surface area contributed by atoms with Crippen molar-refractivity contribution in [2.45, 2.75) is 205 Å². The molecule has 1 aliphatic heterocycles. The van der Waals surface area contributed by atoms with Gasteiger partial charge in [0.15, 0.2) is 12.4 Å². The Morgan fingerprint density at radius 2 is 0.897 bits per heavy atom. The van der Waals surface area contributed by atoms with Crippen molar-refractivity contribution in [3.8, 4) is 0 Å². The van der Waals surface area contributed by atoms with Crippen molar-refractivity contribution < 1.29 is 56.8 Å². The van der Waals surface area contributed by atoms with Crippen molar-refractivity contribution in [3.05, 3.63) is 109 Å². The molecule has 4 N–H and O–H groups in total. The largest absolute Gasteiger partial charge is 0.462 e. The Morgan fingerprint density at radius 1 is 0.500 bits per heavy atom. The van der Waals surface area contributed by atoms with Gasteiger partial charge in [0.05, 0.1) is 6.61 Å². The fraction of sp³-hybridized carbons (Fsp3) is 0.636. The van der Waals surface area contributed by atoms with Crippen molar-refractivity contribution in [3.63, 3.8) is 0 Å². The van der Waals surface area contributed by atoms with Crippen LogP contribution in [0.25, 0.3) is 0 Å². The van der Waals surface area contributed by atoms with Crippen LogP contribution in [0.15, 0.2) is 109 Å². The molecule has 1 aliphatic rings. The molecule has 0 bridgehead atoms. The molecule has 1 saturated heterocycles. The minimum atomic E-state index is -4.62. The zero-order chi connectivity index (χ0) is 49.8. The SMILES string of the molecule is CC/C=C\C/C=C\C/C=C\C/C=C\C/C=C\CCCC(=O)OC(COC(=O)CCCCCCCCCCCC/C=C\C/C=C\C/C=C\C/C=C\CC)COC1OC(CS(=O)(=O)O)C(O)C(O)C1O. The molecule has 1 rings (SSSR count). The number of hydrogen-bond donors (Lipinski definition) is 4. The van der Waals surface area contributed by atoms with Gasteiger partial charge in [-0.05, 0) is 89.9 Å². The summed E-state index contributed by atoms with van der Waals surface area (Å²) in [5, 5.41) is 31.0. The van der Waals surface area contributed by atoms with Crippen molar-refractivity contribution in [1.29, 1.82) is 0 Å². The summed E-state index contributed by atoms with van der Waals surface area (Å²) in [6.07, 6.45) is 51.3. The van der Waals surface area contributed by atoms with Crippen molar-refractivity contribution in [2.75, 3.05) is 19.0 Å². The van der Waals surface area contributed by atoms with Gasteiger partial charge in [-0.3, -0.25) is 14.1 Å². The van der Waals surface area contributed by atoms with Gasteiger partial charge in [-0.1, -0.05) is 175 Å². The Morgan fingerprint density at radius 3 is 1.35 bits per heavy atom. The van der Waals surface area contributed by atoms with E-state index >= 15 is 0 Å². The Hall–Kier alpha value is -3.69. The lowest BCUT2D eigenvalue weighted by Gasteiger charge is -2.40. The van der Waals surface area contributed by atoms with E-state index in [9.17, 15) is 37.9 Å². The molecule has 6 atom stereocenters. The first kappa shape index (κ1) is 62.3. The van der Waals surface area contributed by atoms with E-state index in [4.69, 9.17) is 18.9 Å². The number of carbonyl (C=O) groups excluding carboxylic acids is 2. The number of rotatable bonds is 41. The third-order valence-electron chi connectivity index (χ3n) is 10.8. The zero-order valence-electron chi connectivity index (χ0n) is 41.4. The fourth-order valence-electron chi connectivity index (χ4n) is 7.00. The van der Waals surface area contributed by atoms with E-state index in [1.807, 2.05) is 12.2 Å². The first-order valence-electron chi connectivity index (χ1n) is 25.4. The van der Waals surface area contributed by atoms with E-state index in [0.29, 0.717) is 19.3 Å². The lowest BCUT2D eigenvalue weighted by molar-refractivity contribution is -0.297. The maximum absolute atomic E-state index is 12.8. The Balaban J connectivity index is 2.41. The molecule has 0 aliphatic carbocycles. The van der Waals surface area contributed by atoms with Gasteiger partial charge in [0.2, 0.25) is 0 Å². The van der Waals surface area contributed by atoms with Gasteiger partial charge in [0.25, 0.3) is 10.1 Å². The van der Waals surface area contributed by atoms with Gasteiger partial charge in [-0.15, -0.1) is 0 Å². The molecule has 0 saturated carbocycles. The maximum atomic E-state index is 12.8. The molecule has 0 aromatic rings. The number of ether oxygens (including phenoxy) is 4. The second-order valence-electron chi connectivity index (χ2n) is 17.1. The summed E-state index contributed by atoms with van der Waals surface area (Å²) in [6, 6.07) is 0. The predicted octanol–water partition coefficient (Wildman–Crippen LogP) is 11.6. The Labute approximate surface area is 410 Å². The van der Waals surface area contributed by atoms with Crippen LogP contribution in [0.4, 0.5) is 0 Å². The Bertz CT molecular complexity index is 1660. The summed E-state index contributed by atoms with van der Waals surface area (Å²) in [5.74, 6) is -2.08. The third kappa shape index (κ3) is 37.2. The first-order valence-corrected chi connectivity index (χ1v) is 27.1. The highest BCUT2D eigenvalue weighted by Crippen LogP contribution is 2.24. The second-order valence-corrected chi connectivity index (χ2v) is 18.6. The van der Waals surface area contributed by atoms with E-state index in [-0.39, 0.29) is 19.4 Å². The van der Waals surface area contributed by atoms with E-state index in [1.165, 1.54) is 38.5 Å². The van der Waals surface area contributed by atoms with Crippen LogP contribution in [0.1, 0.15) is 168 Å². The molecule has 0 aromatic carbocycles. The molecular weight excluding hydrogens is 885 g/mol. The maximum Gasteiger partial charge on any atom is 0.306 e. The topological polar surface area (TPSA) is 186 Å². The summed E-state index contributed by atoms with van der Waals surface area (Å²) in [6.45, 7) is 3.48. The minimum absolute atomic E-state index is 0.0787. The molecule has 6 unspecified atom stereocenters. The summed E-state index contributed by atoms with van der Waals surface area (Å²) in [4.78, 5) is 25.5. The molecular formula is C55H88O12S. The molecule has 0 aromatic heterocycles. The van der Waals surface area contributed by atoms with Crippen LogP contribution in [-0.4, -0.2) is 96.0 Å². The van der Waals surface area contributed by atoms with Crippen LogP contribution in [-0.2, 0) is 38.7 Å². The van der Waals surface area contributed by atoms with E-state index < -0.39 is 71.2 Å². The van der Waals surface area contributed by atoms with Crippen molar-refractivity contribution in [1.82, 2.24) is 0 Å². The molecule has 0 amide bonds.